The van der Waals surface area contributed by atoms with Crippen LogP contribution in [0.4, 0.5) is 0 Å². The number of benzene rings is 1. The van der Waals surface area contributed by atoms with E-state index in [0.29, 0.717) is 25.0 Å². The van der Waals surface area contributed by atoms with Crippen LogP contribution in [0.5, 0.6) is 0 Å². The van der Waals surface area contributed by atoms with E-state index in [4.69, 9.17) is 4.74 Å². The van der Waals surface area contributed by atoms with Crippen LogP contribution in [-0.2, 0) is 11.3 Å². The molecule has 2 aliphatic heterocycles. The third-order valence-electron chi connectivity index (χ3n) is 7.60. The van der Waals surface area contributed by atoms with Crippen molar-refractivity contribution in [3.05, 3.63) is 66.0 Å². The topological polar surface area (TPSA) is 47.4 Å². The first-order valence-electron chi connectivity index (χ1n) is 11.7. The Morgan fingerprint density at radius 3 is 2.65 bits per heavy atom. The third kappa shape index (κ3) is 3.45. The number of ether oxygens (including phenoxy) is 1. The number of likely N-dealkylation sites (tertiary alicyclic amines) is 1. The quantitative estimate of drug-likeness (QED) is 0.625. The first-order valence-corrected chi connectivity index (χ1v) is 11.7. The van der Waals surface area contributed by atoms with Crippen LogP contribution in [0.25, 0.3) is 11.0 Å². The second kappa shape index (κ2) is 7.79. The zero-order chi connectivity index (χ0) is 20.8. The molecule has 0 spiro atoms. The van der Waals surface area contributed by atoms with Gasteiger partial charge in [0.05, 0.1) is 29.8 Å². The number of amides is 1. The Bertz CT molecular complexity index is 1080. The number of fused-ring (bicyclic) bond motifs is 3. The summed E-state index contributed by atoms with van der Waals surface area (Å²) in [7, 11) is 0. The molecule has 3 aromatic rings. The highest BCUT2D eigenvalue weighted by Gasteiger charge is 2.42. The molecule has 3 aliphatic rings. The molecule has 1 aromatic carbocycles. The predicted molar refractivity (Wildman–Crippen MR) is 120 cm³/mol. The van der Waals surface area contributed by atoms with Gasteiger partial charge in [-0.05, 0) is 61.6 Å². The lowest BCUT2D eigenvalue weighted by atomic mass is 9.78. The van der Waals surface area contributed by atoms with Gasteiger partial charge in [-0.25, -0.2) is 0 Å². The maximum absolute atomic E-state index is 13.4. The Hall–Kier alpha value is -2.66. The Labute approximate surface area is 183 Å². The second-order valence-corrected chi connectivity index (χ2v) is 9.50. The average molecular weight is 416 g/mol. The predicted octanol–water partition coefficient (Wildman–Crippen LogP) is 4.62. The SMILES string of the molecule is O=C(c1cn(CC2CCC(c3ccccc3)CC2)c2cccnc12)N1C[C@H]2C[C@@H]1CO2. The number of nitrogens with zero attached hydrogens (tertiary/aromatic N) is 3. The minimum Gasteiger partial charge on any atom is -0.374 e. The van der Waals surface area contributed by atoms with E-state index in [1.807, 2.05) is 11.0 Å². The summed E-state index contributed by atoms with van der Waals surface area (Å²) in [5, 5.41) is 0. The third-order valence-corrected chi connectivity index (χ3v) is 7.60. The van der Waals surface area contributed by atoms with Gasteiger partial charge >= 0.3 is 0 Å². The van der Waals surface area contributed by atoms with E-state index in [1.54, 1.807) is 6.20 Å². The van der Waals surface area contributed by atoms with Gasteiger partial charge in [0.2, 0.25) is 0 Å². The maximum atomic E-state index is 13.4. The van der Waals surface area contributed by atoms with Gasteiger partial charge in [0.15, 0.2) is 0 Å². The summed E-state index contributed by atoms with van der Waals surface area (Å²) in [4.78, 5) is 20.0. The average Bonchev–Trinajstić information content (AvgIpc) is 3.55. The molecule has 1 saturated carbocycles. The van der Waals surface area contributed by atoms with Crippen molar-refractivity contribution in [1.29, 1.82) is 0 Å². The number of morpholine rings is 1. The van der Waals surface area contributed by atoms with Gasteiger partial charge in [-0.1, -0.05) is 30.3 Å². The van der Waals surface area contributed by atoms with Gasteiger partial charge in [-0.2, -0.15) is 0 Å². The van der Waals surface area contributed by atoms with Crippen molar-refractivity contribution in [3.63, 3.8) is 0 Å². The van der Waals surface area contributed by atoms with Crippen LogP contribution < -0.4 is 0 Å². The van der Waals surface area contributed by atoms with Gasteiger partial charge in [-0.3, -0.25) is 9.78 Å². The van der Waals surface area contributed by atoms with Crippen molar-refractivity contribution >= 4 is 16.9 Å². The number of hydrogen-bond acceptors (Lipinski definition) is 3. The maximum Gasteiger partial charge on any atom is 0.258 e. The largest absolute Gasteiger partial charge is 0.374 e. The number of carbonyl (C=O) groups is 1. The molecule has 1 amide bonds. The fraction of sp³-hybridized carbons (Fsp3) is 0.462. The van der Waals surface area contributed by atoms with Crippen LogP contribution in [0.1, 0.15) is 53.9 Å². The van der Waals surface area contributed by atoms with Gasteiger partial charge < -0.3 is 14.2 Å². The molecular formula is C26H29N3O2. The highest BCUT2D eigenvalue weighted by atomic mass is 16.5. The van der Waals surface area contributed by atoms with Crippen molar-refractivity contribution in [2.45, 2.75) is 56.7 Å². The van der Waals surface area contributed by atoms with Crippen molar-refractivity contribution in [2.75, 3.05) is 13.2 Å². The molecule has 5 nitrogen and oxygen atoms in total. The number of pyridine rings is 1. The Balaban J connectivity index is 1.20. The summed E-state index contributed by atoms with van der Waals surface area (Å²) < 4.78 is 7.97. The molecule has 2 saturated heterocycles. The summed E-state index contributed by atoms with van der Waals surface area (Å²) >= 11 is 0. The van der Waals surface area contributed by atoms with Crippen LogP contribution in [0.15, 0.2) is 54.9 Å². The Kier molecular flexibility index (Phi) is 4.79. The summed E-state index contributed by atoms with van der Waals surface area (Å²) in [6, 6.07) is 15.2. The molecular weight excluding hydrogens is 386 g/mol. The first kappa shape index (κ1) is 19.1. The monoisotopic (exact) mass is 415 g/mol. The Morgan fingerprint density at radius 1 is 1.06 bits per heavy atom. The number of hydrogen-bond donors (Lipinski definition) is 0. The number of aromatic nitrogens is 2. The summed E-state index contributed by atoms with van der Waals surface area (Å²) in [6.45, 7) is 2.35. The van der Waals surface area contributed by atoms with E-state index in [0.717, 1.165) is 29.6 Å². The molecule has 0 N–H and O–H groups in total. The minimum atomic E-state index is 0.117. The van der Waals surface area contributed by atoms with Crippen molar-refractivity contribution in [2.24, 2.45) is 5.92 Å². The van der Waals surface area contributed by atoms with Crippen LogP contribution >= 0.6 is 0 Å². The van der Waals surface area contributed by atoms with Crippen LogP contribution in [-0.4, -0.2) is 45.7 Å². The van der Waals surface area contributed by atoms with Crippen LogP contribution in [0.3, 0.4) is 0 Å². The lowest BCUT2D eigenvalue weighted by molar-refractivity contribution is 0.0260. The van der Waals surface area contributed by atoms with Gasteiger partial charge in [-0.15, -0.1) is 0 Å². The van der Waals surface area contributed by atoms with E-state index in [1.165, 1.54) is 31.2 Å². The molecule has 3 fully saturated rings. The molecule has 0 unspecified atom stereocenters. The molecule has 1 aliphatic carbocycles. The highest BCUT2D eigenvalue weighted by Crippen LogP contribution is 2.37. The summed E-state index contributed by atoms with van der Waals surface area (Å²) in [5.41, 5.74) is 4.15. The van der Waals surface area contributed by atoms with Gasteiger partial charge in [0, 0.05) is 25.5 Å². The summed E-state index contributed by atoms with van der Waals surface area (Å²) in [5.74, 6) is 1.45. The highest BCUT2D eigenvalue weighted by molar-refractivity contribution is 6.05. The number of carbonyl (C=O) groups excluding carboxylic acids is 1. The molecule has 6 rings (SSSR count). The standard InChI is InChI=1S/C26H29N3O2/c30-26(29-15-22-13-21(29)17-31-22)23-16-28(24-7-4-12-27-25(23)24)14-18-8-10-20(11-9-18)19-5-2-1-3-6-19/h1-7,12,16,18,20-22H,8-11,13-15,17H2/t18?,20?,21-,22-/m1/s1. The van der Waals surface area contributed by atoms with Crippen LogP contribution in [0.2, 0.25) is 0 Å². The van der Waals surface area contributed by atoms with E-state index < -0.39 is 0 Å². The lowest BCUT2D eigenvalue weighted by Gasteiger charge is -2.29. The molecule has 2 atom stereocenters. The zero-order valence-corrected chi connectivity index (χ0v) is 17.8. The number of rotatable bonds is 4. The fourth-order valence-corrected chi connectivity index (χ4v) is 5.91. The van der Waals surface area contributed by atoms with Gasteiger partial charge in [0.25, 0.3) is 5.91 Å². The molecule has 160 valence electrons. The van der Waals surface area contributed by atoms with E-state index >= 15 is 0 Å². The minimum absolute atomic E-state index is 0.117. The zero-order valence-electron chi connectivity index (χ0n) is 17.8. The lowest BCUT2D eigenvalue weighted by Crippen LogP contribution is -2.41. The van der Waals surface area contributed by atoms with E-state index in [2.05, 4.69) is 52.1 Å². The first-order chi connectivity index (χ1) is 15.3. The molecule has 31 heavy (non-hydrogen) atoms. The Morgan fingerprint density at radius 2 is 1.90 bits per heavy atom. The smallest absolute Gasteiger partial charge is 0.258 e. The molecule has 0 radical (unpaired) electrons. The molecule has 5 heteroatoms. The van der Waals surface area contributed by atoms with Gasteiger partial charge in [0.1, 0.15) is 5.52 Å². The van der Waals surface area contributed by atoms with E-state index in [-0.39, 0.29) is 18.1 Å². The summed E-state index contributed by atoms with van der Waals surface area (Å²) in [6.07, 6.45) is 10.0. The van der Waals surface area contributed by atoms with Crippen molar-refractivity contribution in [3.8, 4) is 0 Å². The molecule has 4 heterocycles. The molecule has 2 aromatic heterocycles. The van der Waals surface area contributed by atoms with E-state index in [9.17, 15) is 4.79 Å². The fourth-order valence-electron chi connectivity index (χ4n) is 5.91. The molecule has 2 bridgehead atoms. The van der Waals surface area contributed by atoms with Crippen LogP contribution in [0, 0.1) is 5.92 Å². The van der Waals surface area contributed by atoms with Crippen molar-refractivity contribution in [1.82, 2.24) is 14.5 Å². The van der Waals surface area contributed by atoms with Crippen molar-refractivity contribution < 1.29 is 9.53 Å². The normalized spacial score (nSPS) is 27.8. The second-order valence-electron chi connectivity index (χ2n) is 9.50.